The van der Waals surface area contributed by atoms with Gasteiger partial charge in [0, 0.05) is 16.8 Å². The molecule has 0 atom stereocenters. The molecule has 7 heteroatoms. The largest absolute Gasteiger partial charge is 0.494 e. The van der Waals surface area contributed by atoms with Crippen LogP contribution in [0.3, 0.4) is 0 Å². The molecule has 0 spiro atoms. The predicted molar refractivity (Wildman–Crippen MR) is 124 cm³/mol. The van der Waals surface area contributed by atoms with E-state index in [9.17, 15) is 4.79 Å². The highest BCUT2D eigenvalue weighted by Crippen LogP contribution is 2.32. The van der Waals surface area contributed by atoms with Crippen LogP contribution in [0.15, 0.2) is 84.0 Å². The topological polar surface area (TPSA) is 57.0 Å². The minimum absolute atomic E-state index is 0.0335. The number of ketones is 1. The molecule has 0 aliphatic heterocycles. The Morgan fingerprint density at radius 3 is 2.39 bits per heavy atom. The molecule has 3 aromatic carbocycles. The first kappa shape index (κ1) is 21.2. The van der Waals surface area contributed by atoms with Gasteiger partial charge in [-0.05, 0) is 43.3 Å². The van der Waals surface area contributed by atoms with Crippen LogP contribution in [0.25, 0.3) is 17.1 Å². The normalized spacial score (nSPS) is 10.8. The van der Waals surface area contributed by atoms with Crippen molar-refractivity contribution < 1.29 is 9.53 Å². The van der Waals surface area contributed by atoms with Gasteiger partial charge in [-0.3, -0.25) is 9.36 Å². The molecule has 0 radical (unpaired) electrons. The third-order valence-corrected chi connectivity index (χ3v) is 5.84. The summed E-state index contributed by atoms with van der Waals surface area (Å²) in [5.41, 5.74) is 2.30. The number of aromatic nitrogens is 3. The maximum atomic E-state index is 12.6. The van der Waals surface area contributed by atoms with Crippen molar-refractivity contribution in [3.63, 3.8) is 0 Å². The summed E-state index contributed by atoms with van der Waals surface area (Å²) < 4.78 is 7.48. The van der Waals surface area contributed by atoms with Gasteiger partial charge in [-0.1, -0.05) is 65.8 Å². The number of halogens is 1. The van der Waals surface area contributed by atoms with Crippen molar-refractivity contribution in [2.24, 2.45) is 0 Å². The molecule has 0 aliphatic rings. The average Bonchev–Trinajstić information content (AvgIpc) is 3.23. The van der Waals surface area contributed by atoms with Crippen LogP contribution in [0.4, 0.5) is 0 Å². The van der Waals surface area contributed by atoms with Gasteiger partial charge in [0.2, 0.25) is 0 Å². The van der Waals surface area contributed by atoms with E-state index >= 15 is 0 Å². The number of hydrogen-bond acceptors (Lipinski definition) is 5. The summed E-state index contributed by atoms with van der Waals surface area (Å²) in [6.07, 6.45) is 0. The zero-order valence-electron chi connectivity index (χ0n) is 16.9. The number of rotatable bonds is 8. The molecule has 1 heterocycles. The second-order valence-electron chi connectivity index (χ2n) is 6.63. The van der Waals surface area contributed by atoms with Crippen molar-refractivity contribution in [2.45, 2.75) is 12.1 Å². The Hall–Kier alpha value is -3.09. The zero-order valence-corrected chi connectivity index (χ0v) is 18.4. The number of carbonyl (C=O) groups is 1. The summed E-state index contributed by atoms with van der Waals surface area (Å²) in [5, 5.41) is 9.96. The van der Waals surface area contributed by atoms with E-state index in [0.29, 0.717) is 28.2 Å². The summed E-state index contributed by atoms with van der Waals surface area (Å²) in [4.78, 5) is 12.6. The highest BCUT2D eigenvalue weighted by atomic mass is 35.5. The van der Waals surface area contributed by atoms with E-state index < -0.39 is 0 Å². The maximum absolute atomic E-state index is 12.6. The lowest BCUT2D eigenvalue weighted by Crippen LogP contribution is -2.05. The molecule has 0 saturated carbocycles. The monoisotopic (exact) mass is 449 g/mol. The van der Waals surface area contributed by atoms with Crippen molar-refractivity contribution in [3.05, 3.63) is 89.4 Å². The third kappa shape index (κ3) is 4.81. The van der Waals surface area contributed by atoms with Crippen LogP contribution >= 0.6 is 23.4 Å². The lowest BCUT2D eigenvalue weighted by Gasteiger charge is -2.12. The first-order valence-corrected chi connectivity index (χ1v) is 11.2. The van der Waals surface area contributed by atoms with Gasteiger partial charge in [0.05, 0.1) is 17.4 Å². The van der Waals surface area contributed by atoms with Crippen LogP contribution in [0.5, 0.6) is 5.75 Å². The minimum Gasteiger partial charge on any atom is -0.494 e. The summed E-state index contributed by atoms with van der Waals surface area (Å²) in [6, 6.07) is 24.4. The number of benzene rings is 3. The van der Waals surface area contributed by atoms with Crippen molar-refractivity contribution in [3.8, 4) is 22.8 Å². The summed E-state index contributed by atoms with van der Waals surface area (Å²) in [5.74, 6) is 1.68. The van der Waals surface area contributed by atoms with Gasteiger partial charge in [-0.15, -0.1) is 10.2 Å². The van der Waals surface area contributed by atoms with E-state index in [1.54, 1.807) is 0 Å². The molecule has 31 heavy (non-hydrogen) atoms. The molecule has 0 fully saturated rings. The Labute approximate surface area is 190 Å². The van der Waals surface area contributed by atoms with E-state index in [1.165, 1.54) is 11.8 Å². The average molecular weight is 450 g/mol. The van der Waals surface area contributed by atoms with Crippen molar-refractivity contribution in [2.75, 3.05) is 12.4 Å². The maximum Gasteiger partial charge on any atom is 0.196 e. The van der Waals surface area contributed by atoms with Crippen molar-refractivity contribution in [1.82, 2.24) is 14.8 Å². The first-order chi connectivity index (χ1) is 15.2. The number of nitrogens with zero attached hydrogens (tertiary/aromatic N) is 3. The second kappa shape index (κ2) is 9.81. The van der Waals surface area contributed by atoms with Gasteiger partial charge in [0.1, 0.15) is 5.75 Å². The lowest BCUT2D eigenvalue weighted by atomic mass is 10.2. The number of Topliss-reactive ketones (excluding diaryl/α,β-unsaturated/α-hetero) is 1. The van der Waals surface area contributed by atoms with E-state index in [0.717, 1.165) is 17.0 Å². The molecular weight excluding hydrogens is 430 g/mol. The van der Waals surface area contributed by atoms with Crippen LogP contribution in [-0.2, 0) is 0 Å². The zero-order chi connectivity index (χ0) is 21.6. The fourth-order valence-electron chi connectivity index (χ4n) is 3.11. The van der Waals surface area contributed by atoms with E-state index in [1.807, 2.05) is 90.4 Å². The van der Waals surface area contributed by atoms with Gasteiger partial charge in [-0.25, -0.2) is 0 Å². The predicted octanol–water partition coefficient (Wildman–Crippen LogP) is 5.96. The lowest BCUT2D eigenvalue weighted by molar-refractivity contribution is 0.102. The molecule has 1 aromatic heterocycles. The molecule has 5 nitrogen and oxygen atoms in total. The Morgan fingerprint density at radius 2 is 1.68 bits per heavy atom. The quantitative estimate of drug-likeness (QED) is 0.245. The molecule has 4 aromatic rings. The number of hydrogen-bond donors (Lipinski definition) is 0. The Kier molecular flexibility index (Phi) is 6.70. The fraction of sp³-hybridized carbons (Fsp3) is 0.125. The standard InChI is InChI=1S/C24H20ClN3O2S/c1-2-30-19-14-12-18(13-15-19)28-23(20-10-6-7-11-21(20)25)26-27-24(28)31-16-22(29)17-8-4-3-5-9-17/h3-15H,2,16H2,1H3. The van der Waals surface area contributed by atoms with Gasteiger partial charge in [0.15, 0.2) is 16.8 Å². The van der Waals surface area contributed by atoms with Crippen LogP contribution in [0.2, 0.25) is 5.02 Å². The Bertz CT molecular complexity index is 1180. The first-order valence-electron chi connectivity index (χ1n) is 9.82. The summed E-state index contributed by atoms with van der Waals surface area (Å²) in [7, 11) is 0. The van der Waals surface area contributed by atoms with Gasteiger partial charge >= 0.3 is 0 Å². The molecule has 0 aliphatic carbocycles. The van der Waals surface area contributed by atoms with Crippen LogP contribution in [-0.4, -0.2) is 32.9 Å². The van der Waals surface area contributed by atoms with Gasteiger partial charge in [0.25, 0.3) is 0 Å². The van der Waals surface area contributed by atoms with Gasteiger partial charge < -0.3 is 4.74 Å². The second-order valence-corrected chi connectivity index (χ2v) is 7.98. The molecule has 0 saturated heterocycles. The highest BCUT2D eigenvalue weighted by molar-refractivity contribution is 7.99. The number of carbonyl (C=O) groups excluding carboxylic acids is 1. The van der Waals surface area contributed by atoms with Gasteiger partial charge in [-0.2, -0.15) is 0 Å². The smallest absolute Gasteiger partial charge is 0.196 e. The Morgan fingerprint density at radius 1 is 0.968 bits per heavy atom. The van der Waals surface area contributed by atoms with E-state index in [-0.39, 0.29) is 11.5 Å². The fourth-order valence-corrected chi connectivity index (χ4v) is 4.18. The molecule has 0 bridgehead atoms. The molecule has 0 N–H and O–H groups in total. The van der Waals surface area contributed by atoms with E-state index in [4.69, 9.17) is 16.3 Å². The summed E-state index contributed by atoms with van der Waals surface area (Å²) >= 11 is 7.79. The van der Waals surface area contributed by atoms with Crippen molar-refractivity contribution >= 4 is 29.1 Å². The van der Waals surface area contributed by atoms with Crippen LogP contribution < -0.4 is 4.74 Å². The van der Waals surface area contributed by atoms with Crippen molar-refractivity contribution in [1.29, 1.82) is 0 Å². The minimum atomic E-state index is 0.0335. The Balaban J connectivity index is 1.70. The molecule has 0 amide bonds. The molecule has 156 valence electrons. The summed E-state index contributed by atoms with van der Waals surface area (Å²) in [6.45, 7) is 2.54. The molecular formula is C24H20ClN3O2S. The SMILES string of the molecule is CCOc1ccc(-n2c(SCC(=O)c3ccccc3)nnc2-c2ccccc2Cl)cc1. The molecule has 0 unspecified atom stereocenters. The van der Waals surface area contributed by atoms with Crippen LogP contribution in [0.1, 0.15) is 17.3 Å². The number of thioether (sulfide) groups is 1. The van der Waals surface area contributed by atoms with E-state index in [2.05, 4.69) is 10.2 Å². The number of ether oxygens (including phenoxy) is 1. The molecule has 4 rings (SSSR count). The highest BCUT2D eigenvalue weighted by Gasteiger charge is 2.19. The third-order valence-electron chi connectivity index (χ3n) is 4.58. The van der Waals surface area contributed by atoms with Crippen LogP contribution in [0, 0.1) is 0 Å².